The van der Waals surface area contributed by atoms with Crippen molar-refractivity contribution in [1.29, 1.82) is 0 Å². The molecule has 0 saturated heterocycles. The van der Waals surface area contributed by atoms with Crippen LogP contribution in [0.2, 0.25) is 0 Å². The predicted octanol–water partition coefficient (Wildman–Crippen LogP) is 2.32. The molecular formula is C15H16F2N2O4S2. The molecule has 0 aliphatic rings. The van der Waals surface area contributed by atoms with Gasteiger partial charge in [0.15, 0.2) is 11.6 Å². The van der Waals surface area contributed by atoms with Crippen LogP contribution in [0.4, 0.5) is 14.5 Å². The maximum absolute atomic E-state index is 13.3. The number of nitrogens with one attached hydrogen (secondary N) is 1. The third-order valence-corrected chi connectivity index (χ3v) is 6.61. The van der Waals surface area contributed by atoms with Crippen molar-refractivity contribution in [2.75, 3.05) is 18.8 Å². The molecule has 1 N–H and O–H groups in total. The zero-order valence-corrected chi connectivity index (χ0v) is 15.2. The van der Waals surface area contributed by atoms with Crippen LogP contribution in [0.3, 0.4) is 0 Å². The molecule has 0 radical (unpaired) electrons. The lowest BCUT2D eigenvalue weighted by atomic mass is 10.2. The van der Waals surface area contributed by atoms with E-state index in [4.69, 9.17) is 0 Å². The molecule has 2 aromatic rings. The highest BCUT2D eigenvalue weighted by Crippen LogP contribution is 2.25. The Balaban J connectivity index is 2.47. The van der Waals surface area contributed by atoms with E-state index < -0.39 is 36.6 Å². The van der Waals surface area contributed by atoms with E-state index in [9.17, 15) is 25.6 Å². The fraction of sp³-hybridized carbons (Fsp3) is 0.200. The van der Waals surface area contributed by atoms with Crippen LogP contribution in [0, 0.1) is 18.6 Å². The monoisotopic (exact) mass is 390 g/mol. The molecule has 0 atom stereocenters. The molecule has 0 spiro atoms. The van der Waals surface area contributed by atoms with Crippen molar-refractivity contribution < 1.29 is 25.6 Å². The third-order valence-electron chi connectivity index (χ3n) is 3.43. The lowest BCUT2D eigenvalue weighted by Crippen LogP contribution is -2.22. The molecular weight excluding hydrogens is 374 g/mol. The van der Waals surface area contributed by atoms with Gasteiger partial charge in [-0.15, -0.1) is 0 Å². The first-order chi connectivity index (χ1) is 11.4. The van der Waals surface area contributed by atoms with Gasteiger partial charge >= 0.3 is 0 Å². The number of halogens is 2. The van der Waals surface area contributed by atoms with Gasteiger partial charge in [-0.2, -0.15) is 0 Å². The number of aryl methyl sites for hydroxylation is 1. The van der Waals surface area contributed by atoms with Crippen LogP contribution in [0.5, 0.6) is 0 Å². The third kappa shape index (κ3) is 3.97. The zero-order valence-electron chi connectivity index (χ0n) is 13.6. The van der Waals surface area contributed by atoms with Gasteiger partial charge in [0.2, 0.25) is 10.0 Å². The summed E-state index contributed by atoms with van der Waals surface area (Å²) in [6, 6.07) is 6.12. The predicted molar refractivity (Wildman–Crippen MR) is 89.2 cm³/mol. The summed E-state index contributed by atoms with van der Waals surface area (Å²) >= 11 is 0. The number of nitrogens with zero attached hydrogens (tertiary/aromatic N) is 1. The molecule has 0 aliphatic heterocycles. The number of hydrogen-bond acceptors (Lipinski definition) is 4. The molecule has 2 rings (SSSR count). The molecule has 0 unspecified atom stereocenters. The number of sulfonamides is 2. The smallest absolute Gasteiger partial charge is 0.262 e. The first-order valence-corrected chi connectivity index (χ1v) is 9.88. The maximum Gasteiger partial charge on any atom is 0.262 e. The van der Waals surface area contributed by atoms with Crippen molar-refractivity contribution in [2.45, 2.75) is 16.7 Å². The molecule has 0 amide bonds. The van der Waals surface area contributed by atoms with Gasteiger partial charge in [-0.05, 0) is 42.8 Å². The summed E-state index contributed by atoms with van der Waals surface area (Å²) < 4.78 is 78.5. The van der Waals surface area contributed by atoms with Gasteiger partial charge in [0, 0.05) is 14.1 Å². The van der Waals surface area contributed by atoms with Crippen LogP contribution in [0.1, 0.15) is 5.56 Å². The highest BCUT2D eigenvalue weighted by atomic mass is 32.2. The van der Waals surface area contributed by atoms with Gasteiger partial charge in [-0.25, -0.2) is 29.9 Å². The molecule has 10 heteroatoms. The van der Waals surface area contributed by atoms with E-state index in [0.717, 1.165) is 10.4 Å². The van der Waals surface area contributed by atoms with Crippen LogP contribution in [-0.2, 0) is 20.0 Å². The van der Waals surface area contributed by atoms with E-state index >= 15 is 0 Å². The minimum atomic E-state index is -4.22. The highest BCUT2D eigenvalue weighted by Gasteiger charge is 2.21. The minimum absolute atomic E-state index is 0.0210. The average molecular weight is 390 g/mol. The lowest BCUT2D eigenvalue weighted by Gasteiger charge is -2.15. The van der Waals surface area contributed by atoms with E-state index in [2.05, 4.69) is 4.72 Å². The second-order valence-corrected chi connectivity index (χ2v) is 9.28. The molecule has 6 nitrogen and oxygen atoms in total. The van der Waals surface area contributed by atoms with Gasteiger partial charge in [0.1, 0.15) is 0 Å². The van der Waals surface area contributed by atoms with E-state index in [-0.39, 0.29) is 10.6 Å². The van der Waals surface area contributed by atoms with E-state index in [1.165, 1.54) is 32.3 Å². The van der Waals surface area contributed by atoms with Crippen LogP contribution in [-0.4, -0.2) is 35.2 Å². The fourth-order valence-corrected chi connectivity index (χ4v) is 3.99. The SMILES string of the molecule is Cc1ccc(S(=O)(=O)N(C)C)cc1NS(=O)(=O)c1ccc(F)c(F)c1. The molecule has 0 saturated carbocycles. The topological polar surface area (TPSA) is 83.6 Å². The summed E-state index contributed by atoms with van der Waals surface area (Å²) in [7, 11) is -5.29. The molecule has 0 heterocycles. The highest BCUT2D eigenvalue weighted by molar-refractivity contribution is 7.92. The quantitative estimate of drug-likeness (QED) is 0.849. The van der Waals surface area contributed by atoms with Gasteiger partial charge in [0.05, 0.1) is 15.5 Å². The van der Waals surface area contributed by atoms with E-state index in [1.54, 1.807) is 6.92 Å². The van der Waals surface area contributed by atoms with Crippen LogP contribution < -0.4 is 4.72 Å². The summed E-state index contributed by atoms with van der Waals surface area (Å²) in [5, 5.41) is 0. The standard InChI is InChI=1S/C15H16F2N2O4S2/c1-10-4-5-12(25(22,23)19(2)3)9-15(10)18-24(20,21)11-6-7-13(16)14(17)8-11/h4-9,18H,1-3H3. The number of anilines is 1. The summed E-state index contributed by atoms with van der Waals surface area (Å²) in [5.41, 5.74) is 0.483. The molecule has 0 aliphatic carbocycles. The summed E-state index contributed by atoms with van der Waals surface area (Å²) in [5.74, 6) is -2.47. The van der Waals surface area contributed by atoms with Crippen LogP contribution in [0.25, 0.3) is 0 Å². The van der Waals surface area contributed by atoms with Crippen molar-refractivity contribution >= 4 is 25.7 Å². The summed E-state index contributed by atoms with van der Waals surface area (Å²) in [6.45, 7) is 1.58. The molecule has 2 aromatic carbocycles. The maximum atomic E-state index is 13.3. The van der Waals surface area contributed by atoms with Crippen molar-refractivity contribution in [2.24, 2.45) is 0 Å². The molecule has 25 heavy (non-hydrogen) atoms. The van der Waals surface area contributed by atoms with E-state index in [1.807, 2.05) is 0 Å². The molecule has 0 bridgehead atoms. The van der Waals surface area contributed by atoms with Crippen molar-refractivity contribution in [3.63, 3.8) is 0 Å². The number of benzene rings is 2. The molecule has 136 valence electrons. The zero-order chi connectivity index (χ0) is 19.0. The van der Waals surface area contributed by atoms with Crippen LogP contribution >= 0.6 is 0 Å². The Bertz CT molecular complexity index is 1020. The number of hydrogen-bond donors (Lipinski definition) is 1. The normalized spacial score (nSPS) is 12.4. The second kappa shape index (κ2) is 6.70. The van der Waals surface area contributed by atoms with Crippen LogP contribution in [0.15, 0.2) is 46.2 Å². The largest absolute Gasteiger partial charge is 0.279 e. The Morgan fingerprint density at radius 2 is 1.48 bits per heavy atom. The first-order valence-electron chi connectivity index (χ1n) is 6.96. The first kappa shape index (κ1) is 19.3. The molecule has 0 fully saturated rings. The minimum Gasteiger partial charge on any atom is -0.279 e. The van der Waals surface area contributed by atoms with Gasteiger partial charge < -0.3 is 0 Å². The van der Waals surface area contributed by atoms with Gasteiger partial charge in [0.25, 0.3) is 10.0 Å². The Morgan fingerprint density at radius 1 is 0.880 bits per heavy atom. The van der Waals surface area contributed by atoms with Gasteiger partial charge in [-0.1, -0.05) is 6.07 Å². The number of rotatable bonds is 5. The Morgan fingerprint density at radius 3 is 2.04 bits per heavy atom. The Labute approximate surface area is 145 Å². The van der Waals surface area contributed by atoms with Crippen molar-refractivity contribution in [3.8, 4) is 0 Å². The molecule has 0 aromatic heterocycles. The van der Waals surface area contributed by atoms with E-state index in [0.29, 0.717) is 17.7 Å². The Kier molecular flexibility index (Phi) is 5.17. The summed E-state index contributed by atoms with van der Waals surface area (Å²) in [6.07, 6.45) is 0. The second-order valence-electron chi connectivity index (χ2n) is 5.45. The lowest BCUT2D eigenvalue weighted by molar-refractivity contribution is 0.504. The Hall–Kier alpha value is -2.04. The van der Waals surface area contributed by atoms with Gasteiger partial charge in [-0.3, -0.25) is 4.72 Å². The fourth-order valence-electron chi connectivity index (χ4n) is 1.93. The average Bonchev–Trinajstić information content (AvgIpc) is 2.51. The van der Waals surface area contributed by atoms with Crippen molar-refractivity contribution in [1.82, 2.24) is 4.31 Å². The summed E-state index contributed by atoms with van der Waals surface area (Å²) in [4.78, 5) is -0.585. The van der Waals surface area contributed by atoms with Crippen molar-refractivity contribution in [3.05, 3.63) is 53.6 Å².